The summed E-state index contributed by atoms with van der Waals surface area (Å²) in [6.07, 6.45) is 0. The Bertz CT molecular complexity index is 671. The Hall–Kier alpha value is -2.62. The van der Waals surface area contributed by atoms with Crippen LogP contribution in [0.25, 0.3) is 0 Å². The first-order valence-corrected chi connectivity index (χ1v) is 7.60. The van der Waals surface area contributed by atoms with Gasteiger partial charge in [0.1, 0.15) is 0 Å². The minimum absolute atomic E-state index is 0.0512. The molecule has 2 aromatic carbocycles. The first-order valence-electron chi connectivity index (χ1n) is 7.60. The van der Waals surface area contributed by atoms with E-state index in [1.165, 1.54) is 5.56 Å². The summed E-state index contributed by atoms with van der Waals surface area (Å²) in [5.74, 6) is -1.31. The van der Waals surface area contributed by atoms with Gasteiger partial charge in [0.25, 0.3) is 0 Å². The summed E-state index contributed by atoms with van der Waals surface area (Å²) in [4.78, 5) is 23.7. The van der Waals surface area contributed by atoms with Crippen molar-refractivity contribution in [3.05, 3.63) is 65.7 Å². The van der Waals surface area contributed by atoms with Crippen molar-refractivity contribution in [1.82, 2.24) is 5.32 Å². The normalized spacial score (nSPS) is 10.9. The lowest BCUT2D eigenvalue weighted by atomic mass is 9.87. The van der Waals surface area contributed by atoms with E-state index in [1.807, 2.05) is 54.6 Å². The first-order chi connectivity index (χ1) is 10.9. The van der Waals surface area contributed by atoms with Crippen LogP contribution in [0.4, 0.5) is 5.69 Å². The number of carbonyl (C=O) groups is 2. The molecule has 2 amide bonds. The third kappa shape index (κ3) is 4.95. The molecule has 0 aliphatic rings. The standard InChI is InChI=1S/C19H22N2O2/c1-19(2,3)15-9-11-16(12-10-15)21-18(23)17(22)20-13-14-7-5-4-6-8-14/h4-12H,13H2,1-3H3,(H,20,22)(H,21,23). The lowest BCUT2D eigenvalue weighted by molar-refractivity contribution is -0.136. The van der Waals surface area contributed by atoms with Crippen LogP contribution in [0.2, 0.25) is 0 Å². The van der Waals surface area contributed by atoms with Crippen LogP contribution < -0.4 is 10.6 Å². The Morgan fingerprint density at radius 1 is 0.870 bits per heavy atom. The van der Waals surface area contributed by atoms with Gasteiger partial charge < -0.3 is 10.6 Å². The van der Waals surface area contributed by atoms with Crippen LogP contribution in [0.15, 0.2) is 54.6 Å². The maximum Gasteiger partial charge on any atom is 0.313 e. The second-order valence-electron chi connectivity index (χ2n) is 6.45. The lowest BCUT2D eigenvalue weighted by Gasteiger charge is -2.19. The zero-order valence-corrected chi connectivity index (χ0v) is 13.7. The van der Waals surface area contributed by atoms with Crippen LogP contribution in [-0.2, 0) is 21.5 Å². The van der Waals surface area contributed by atoms with E-state index in [-0.39, 0.29) is 5.41 Å². The highest BCUT2D eigenvalue weighted by Crippen LogP contribution is 2.23. The van der Waals surface area contributed by atoms with Gasteiger partial charge in [-0.15, -0.1) is 0 Å². The summed E-state index contributed by atoms with van der Waals surface area (Å²) in [5.41, 5.74) is 2.78. The highest BCUT2D eigenvalue weighted by Gasteiger charge is 2.15. The van der Waals surface area contributed by atoms with Crippen molar-refractivity contribution in [2.75, 3.05) is 5.32 Å². The van der Waals surface area contributed by atoms with Gasteiger partial charge in [-0.3, -0.25) is 9.59 Å². The van der Waals surface area contributed by atoms with Crippen molar-refractivity contribution in [2.24, 2.45) is 0 Å². The van der Waals surface area contributed by atoms with E-state index in [0.717, 1.165) is 5.56 Å². The number of amides is 2. The van der Waals surface area contributed by atoms with Gasteiger partial charge in [-0.05, 0) is 28.7 Å². The molecule has 0 fully saturated rings. The molecule has 0 aliphatic heterocycles. The Morgan fingerprint density at radius 3 is 2.04 bits per heavy atom. The van der Waals surface area contributed by atoms with E-state index in [4.69, 9.17) is 0 Å². The number of anilines is 1. The third-order valence-corrected chi connectivity index (χ3v) is 3.51. The molecule has 0 radical (unpaired) electrons. The van der Waals surface area contributed by atoms with Gasteiger partial charge in [-0.1, -0.05) is 63.2 Å². The zero-order valence-electron chi connectivity index (χ0n) is 13.7. The van der Waals surface area contributed by atoms with Crippen LogP contribution in [-0.4, -0.2) is 11.8 Å². The fraction of sp³-hybridized carbons (Fsp3) is 0.263. The van der Waals surface area contributed by atoms with Crippen molar-refractivity contribution in [3.8, 4) is 0 Å². The highest BCUT2D eigenvalue weighted by atomic mass is 16.2. The van der Waals surface area contributed by atoms with E-state index < -0.39 is 11.8 Å². The van der Waals surface area contributed by atoms with E-state index in [0.29, 0.717) is 12.2 Å². The third-order valence-electron chi connectivity index (χ3n) is 3.51. The molecule has 0 heterocycles. The van der Waals surface area contributed by atoms with Crippen molar-refractivity contribution >= 4 is 17.5 Å². The maximum absolute atomic E-state index is 11.9. The molecule has 0 saturated heterocycles. The summed E-state index contributed by atoms with van der Waals surface area (Å²) in [7, 11) is 0. The van der Waals surface area contributed by atoms with E-state index in [2.05, 4.69) is 31.4 Å². The molecule has 23 heavy (non-hydrogen) atoms. The molecule has 2 aromatic rings. The van der Waals surface area contributed by atoms with Crippen LogP contribution in [0.5, 0.6) is 0 Å². The Morgan fingerprint density at radius 2 is 1.48 bits per heavy atom. The maximum atomic E-state index is 11.9. The fourth-order valence-corrected chi connectivity index (χ4v) is 2.10. The van der Waals surface area contributed by atoms with Crippen molar-refractivity contribution in [1.29, 1.82) is 0 Å². The number of rotatable bonds is 3. The minimum Gasteiger partial charge on any atom is -0.344 e. The number of hydrogen-bond donors (Lipinski definition) is 2. The lowest BCUT2D eigenvalue weighted by Crippen LogP contribution is -2.34. The van der Waals surface area contributed by atoms with Crippen molar-refractivity contribution < 1.29 is 9.59 Å². The predicted molar refractivity (Wildman–Crippen MR) is 92.1 cm³/mol. The molecule has 0 saturated carbocycles. The van der Waals surface area contributed by atoms with E-state index >= 15 is 0 Å². The molecule has 2 N–H and O–H groups in total. The largest absolute Gasteiger partial charge is 0.344 e. The van der Waals surface area contributed by atoms with E-state index in [9.17, 15) is 9.59 Å². The molecule has 0 aromatic heterocycles. The van der Waals surface area contributed by atoms with Gasteiger partial charge in [-0.25, -0.2) is 0 Å². The number of benzene rings is 2. The van der Waals surface area contributed by atoms with Gasteiger partial charge in [0.15, 0.2) is 0 Å². The molecular weight excluding hydrogens is 288 g/mol. The van der Waals surface area contributed by atoms with Gasteiger partial charge >= 0.3 is 11.8 Å². The Balaban J connectivity index is 1.89. The van der Waals surface area contributed by atoms with Gasteiger partial charge in [-0.2, -0.15) is 0 Å². The molecule has 4 nitrogen and oxygen atoms in total. The molecular formula is C19H22N2O2. The van der Waals surface area contributed by atoms with Crippen LogP contribution in [0.3, 0.4) is 0 Å². The van der Waals surface area contributed by atoms with Gasteiger partial charge in [0, 0.05) is 12.2 Å². The van der Waals surface area contributed by atoms with E-state index in [1.54, 1.807) is 0 Å². The first kappa shape index (κ1) is 16.7. The molecule has 0 aliphatic carbocycles. The monoisotopic (exact) mass is 310 g/mol. The molecule has 0 spiro atoms. The average molecular weight is 310 g/mol. The smallest absolute Gasteiger partial charge is 0.313 e. The minimum atomic E-state index is -0.663. The molecule has 0 unspecified atom stereocenters. The average Bonchev–Trinajstić information content (AvgIpc) is 2.53. The Kier molecular flexibility index (Phi) is 5.16. The zero-order chi connectivity index (χ0) is 16.9. The molecule has 4 heteroatoms. The Labute approximate surface area is 136 Å². The summed E-state index contributed by atoms with van der Waals surface area (Å²) in [5, 5.41) is 5.21. The second kappa shape index (κ2) is 7.09. The SMILES string of the molecule is CC(C)(C)c1ccc(NC(=O)C(=O)NCc2ccccc2)cc1. The summed E-state index contributed by atoms with van der Waals surface area (Å²) < 4.78 is 0. The number of hydrogen-bond acceptors (Lipinski definition) is 2. The predicted octanol–water partition coefficient (Wildman–Crippen LogP) is 3.24. The van der Waals surface area contributed by atoms with Crippen LogP contribution in [0.1, 0.15) is 31.9 Å². The topological polar surface area (TPSA) is 58.2 Å². The molecule has 2 rings (SSSR count). The van der Waals surface area contributed by atoms with Crippen LogP contribution in [0, 0.1) is 0 Å². The number of nitrogens with one attached hydrogen (secondary N) is 2. The quantitative estimate of drug-likeness (QED) is 0.855. The highest BCUT2D eigenvalue weighted by molar-refractivity contribution is 6.39. The molecule has 120 valence electrons. The molecule has 0 atom stereocenters. The molecule has 0 bridgehead atoms. The number of carbonyl (C=O) groups excluding carboxylic acids is 2. The summed E-state index contributed by atoms with van der Waals surface area (Å²) in [6.45, 7) is 6.70. The van der Waals surface area contributed by atoms with Crippen molar-refractivity contribution in [2.45, 2.75) is 32.7 Å². The second-order valence-corrected chi connectivity index (χ2v) is 6.45. The van der Waals surface area contributed by atoms with Gasteiger partial charge in [0.2, 0.25) is 0 Å². The summed E-state index contributed by atoms with van der Waals surface area (Å²) in [6, 6.07) is 17.0. The van der Waals surface area contributed by atoms with Crippen LogP contribution >= 0.6 is 0 Å². The summed E-state index contributed by atoms with van der Waals surface area (Å²) >= 11 is 0. The fourth-order valence-electron chi connectivity index (χ4n) is 2.10. The van der Waals surface area contributed by atoms with Crippen molar-refractivity contribution in [3.63, 3.8) is 0 Å². The van der Waals surface area contributed by atoms with Gasteiger partial charge in [0.05, 0.1) is 0 Å².